The van der Waals surface area contributed by atoms with Crippen molar-refractivity contribution in [2.75, 3.05) is 19.6 Å². The van der Waals surface area contributed by atoms with Crippen LogP contribution in [0, 0.1) is 5.92 Å². The van der Waals surface area contributed by atoms with Crippen molar-refractivity contribution in [1.29, 1.82) is 0 Å². The predicted molar refractivity (Wildman–Crippen MR) is 56.8 cm³/mol. The van der Waals surface area contributed by atoms with Gasteiger partial charge in [-0.25, -0.2) is 0 Å². The number of hydrogen-bond acceptors (Lipinski definition) is 1. The van der Waals surface area contributed by atoms with E-state index in [1.807, 2.05) is 0 Å². The van der Waals surface area contributed by atoms with E-state index < -0.39 is 0 Å². The van der Waals surface area contributed by atoms with Crippen LogP contribution in [-0.4, -0.2) is 24.5 Å². The average Bonchev–Trinajstić information content (AvgIpc) is 2.05. The van der Waals surface area contributed by atoms with Gasteiger partial charge in [0.2, 0.25) is 0 Å². The second-order valence-corrected chi connectivity index (χ2v) is 4.70. The van der Waals surface area contributed by atoms with Crippen molar-refractivity contribution in [1.82, 2.24) is 4.90 Å². The van der Waals surface area contributed by atoms with E-state index in [0.717, 1.165) is 5.92 Å². The quantitative estimate of drug-likeness (QED) is 0.589. The van der Waals surface area contributed by atoms with Crippen molar-refractivity contribution in [2.24, 2.45) is 5.92 Å². The summed E-state index contributed by atoms with van der Waals surface area (Å²) in [5.41, 5.74) is 1.71. The molecule has 2 rings (SSSR count). The van der Waals surface area contributed by atoms with Crippen LogP contribution in [0.1, 0.15) is 39.0 Å². The summed E-state index contributed by atoms with van der Waals surface area (Å²) in [6.45, 7) is 6.25. The van der Waals surface area contributed by atoms with E-state index in [0.29, 0.717) is 0 Å². The van der Waals surface area contributed by atoms with Crippen LogP contribution in [0.2, 0.25) is 0 Å². The summed E-state index contributed by atoms with van der Waals surface area (Å²) < 4.78 is 0. The van der Waals surface area contributed by atoms with Gasteiger partial charge in [-0.3, -0.25) is 4.90 Å². The second-order valence-electron chi connectivity index (χ2n) is 4.70. The summed E-state index contributed by atoms with van der Waals surface area (Å²) in [6.07, 6.45) is 9.48. The van der Waals surface area contributed by atoms with Gasteiger partial charge in [0.05, 0.1) is 0 Å². The summed E-state index contributed by atoms with van der Waals surface area (Å²) >= 11 is 0. The maximum absolute atomic E-state index is 2.60. The molecular formula is C12H21N. The molecule has 0 atom stereocenters. The monoisotopic (exact) mass is 179 g/mol. The lowest BCUT2D eigenvalue weighted by Gasteiger charge is -2.30. The first kappa shape index (κ1) is 9.26. The number of piperidine rings is 1. The Labute approximate surface area is 81.8 Å². The van der Waals surface area contributed by atoms with Gasteiger partial charge in [0.25, 0.3) is 0 Å². The van der Waals surface area contributed by atoms with Crippen LogP contribution in [0.15, 0.2) is 11.6 Å². The van der Waals surface area contributed by atoms with Crippen LogP contribution < -0.4 is 0 Å². The summed E-state index contributed by atoms with van der Waals surface area (Å²) in [6, 6.07) is 0. The second kappa shape index (κ2) is 4.28. The molecule has 74 valence electrons. The first-order valence-electron chi connectivity index (χ1n) is 5.75. The Balaban J connectivity index is 1.70. The lowest BCUT2D eigenvalue weighted by molar-refractivity contribution is 0.209. The predicted octanol–water partition coefficient (Wildman–Crippen LogP) is 2.83. The van der Waals surface area contributed by atoms with E-state index in [9.17, 15) is 0 Å². The molecule has 0 radical (unpaired) electrons. The van der Waals surface area contributed by atoms with Gasteiger partial charge in [-0.1, -0.05) is 18.6 Å². The molecule has 1 saturated carbocycles. The van der Waals surface area contributed by atoms with Gasteiger partial charge in [-0.05, 0) is 51.1 Å². The molecule has 0 aromatic carbocycles. The summed E-state index contributed by atoms with van der Waals surface area (Å²) in [5, 5.41) is 0. The SMILES string of the molecule is CC1CCN(CC=C2CCC2)CC1. The molecule has 1 heteroatoms. The van der Waals surface area contributed by atoms with Gasteiger partial charge in [0.15, 0.2) is 0 Å². The number of likely N-dealkylation sites (tertiary alicyclic amines) is 1. The molecule has 1 aliphatic heterocycles. The van der Waals surface area contributed by atoms with Crippen molar-refractivity contribution >= 4 is 0 Å². The fourth-order valence-corrected chi connectivity index (χ4v) is 2.09. The zero-order valence-corrected chi connectivity index (χ0v) is 8.76. The molecule has 0 spiro atoms. The molecular weight excluding hydrogens is 158 g/mol. The number of nitrogens with zero attached hydrogens (tertiary/aromatic N) is 1. The van der Waals surface area contributed by atoms with E-state index in [2.05, 4.69) is 17.9 Å². The molecule has 0 N–H and O–H groups in total. The van der Waals surface area contributed by atoms with Crippen molar-refractivity contribution in [3.8, 4) is 0 Å². The van der Waals surface area contributed by atoms with Crippen LogP contribution in [0.3, 0.4) is 0 Å². The molecule has 1 nitrogen and oxygen atoms in total. The van der Waals surface area contributed by atoms with Crippen molar-refractivity contribution < 1.29 is 0 Å². The fourth-order valence-electron chi connectivity index (χ4n) is 2.09. The maximum atomic E-state index is 2.60. The Kier molecular flexibility index (Phi) is 3.05. The number of allylic oxidation sites excluding steroid dienone is 1. The third-order valence-electron chi connectivity index (χ3n) is 3.51. The Morgan fingerprint density at radius 2 is 2.00 bits per heavy atom. The Morgan fingerprint density at radius 1 is 1.31 bits per heavy atom. The topological polar surface area (TPSA) is 3.24 Å². The minimum Gasteiger partial charge on any atom is -0.300 e. The van der Waals surface area contributed by atoms with E-state index in [-0.39, 0.29) is 0 Å². The molecule has 0 amide bonds. The fraction of sp³-hybridized carbons (Fsp3) is 0.833. The highest BCUT2D eigenvalue weighted by atomic mass is 15.1. The molecule has 0 bridgehead atoms. The van der Waals surface area contributed by atoms with E-state index in [4.69, 9.17) is 0 Å². The van der Waals surface area contributed by atoms with Gasteiger partial charge in [0, 0.05) is 6.54 Å². The van der Waals surface area contributed by atoms with E-state index in [1.165, 1.54) is 51.7 Å². The zero-order chi connectivity index (χ0) is 9.10. The number of hydrogen-bond donors (Lipinski definition) is 0. The summed E-state index contributed by atoms with van der Waals surface area (Å²) in [7, 11) is 0. The molecule has 1 heterocycles. The van der Waals surface area contributed by atoms with E-state index >= 15 is 0 Å². The average molecular weight is 179 g/mol. The highest BCUT2D eigenvalue weighted by Gasteiger charge is 2.15. The molecule has 0 aromatic heterocycles. The highest BCUT2D eigenvalue weighted by molar-refractivity contribution is 5.10. The summed E-state index contributed by atoms with van der Waals surface area (Å²) in [5.74, 6) is 0.965. The molecule has 13 heavy (non-hydrogen) atoms. The Morgan fingerprint density at radius 3 is 2.54 bits per heavy atom. The molecule has 0 unspecified atom stereocenters. The van der Waals surface area contributed by atoms with Gasteiger partial charge in [0.1, 0.15) is 0 Å². The van der Waals surface area contributed by atoms with Crippen molar-refractivity contribution in [3.05, 3.63) is 11.6 Å². The smallest absolute Gasteiger partial charge is 0.0165 e. The van der Waals surface area contributed by atoms with Crippen molar-refractivity contribution in [2.45, 2.75) is 39.0 Å². The van der Waals surface area contributed by atoms with Crippen molar-refractivity contribution in [3.63, 3.8) is 0 Å². The van der Waals surface area contributed by atoms with Crippen LogP contribution in [0.5, 0.6) is 0 Å². The first-order chi connectivity index (χ1) is 6.34. The molecule has 2 aliphatic rings. The van der Waals surface area contributed by atoms with Crippen LogP contribution >= 0.6 is 0 Å². The minimum absolute atomic E-state index is 0.965. The van der Waals surface area contributed by atoms with Crippen LogP contribution in [0.4, 0.5) is 0 Å². The first-order valence-corrected chi connectivity index (χ1v) is 5.75. The molecule has 1 aliphatic carbocycles. The Hall–Kier alpha value is -0.300. The highest BCUT2D eigenvalue weighted by Crippen LogP contribution is 2.25. The zero-order valence-electron chi connectivity index (χ0n) is 8.76. The van der Waals surface area contributed by atoms with Crippen LogP contribution in [0.25, 0.3) is 0 Å². The largest absolute Gasteiger partial charge is 0.300 e. The van der Waals surface area contributed by atoms with Gasteiger partial charge in [-0.2, -0.15) is 0 Å². The van der Waals surface area contributed by atoms with Gasteiger partial charge in [-0.15, -0.1) is 0 Å². The summed E-state index contributed by atoms with van der Waals surface area (Å²) in [4.78, 5) is 2.60. The maximum Gasteiger partial charge on any atom is 0.0165 e. The molecule has 2 fully saturated rings. The normalized spacial score (nSPS) is 25.8. The molecule has 1 saturated heterocycles. The number of rotatable bonds is 2. The third kappa shape index (κ3) is 2.57. The lowest BCUT2D eigenvalue weighted by Crippen LogP contribution is -2.33. The van der Waals surface area contributed by atoms with Crippen LogP contribution in [-0.2, 0) is 0 Å². The van der Waals surface area contributed by atoms with Gasteiger partial charge >= 0.3 is 0 Å². The third-order valence-corrected chi connectivity index (χ3v) is 3.51. The minimum atomic E-state index is 0.965. The molecule has 0 aromatic rings. The lowest BCUT2D eigenvalue weighted by atomic mass is 9.92. The van der Waals surface area contributed by atoms with E-state index in [1.54, 1.807) is 5.57 Å². The standard InChI is InChI=1S/C12H21N/c1-11-5-8-13(9-6-11)10-7-12-3-2-4-12/h7,11H,2-6,8-10H2,1H3. The Bertz CT molecular complexity index is 181. The van der Waals surface area contributed by atoms with Gasteiger partial charge < -0.3 is 0 Å².